The van der Waals surface area contributed by atoms with Gasteiger partial charge in [-0.05, 0) is 12.8 Å². The van der Waals surface area contributed by atoms with Crippen LogP contribution in [0.5, 0.6) is 0 Å². The zero-order valence-electron chi connectivity index (χ0n) is 32.0. The molecule has 0 aliphatic rings. The highest BCUT2D eigenvalue weighted by Crippen LogP contribution is 2.43. The van der Waals surface area contributed by atoms with Gasteiger partial charge in [-0.15, -0.1) is 0 Å². The van der Waals surface area contributed by atoms with Crippen molar-refractivity contribution in [2.24, 2.45) is 0 Å². The number of hydrogen-bond acceptors (Lipinski definition) is 7. The molecule has 1 N–H and O–H groups in total. The predicted octanol–water partition coefficient (Wildman–Crippen LogP) is 10.5. The molecule has 0 aromatic heterocycles. The second-order valence-electron chi connectivity index (χ2n) is 14.7. The molecule has 0 spiro atoms. The lowest BCUT2D eigenvalue weighted by molar-refractivity contribution is -0.870. The van der Waals surface area contributed by atoms with Crippen molar-refractivity contribution in [1.82, 2.24) is 0 Å². The van der Waals surface area contributed by atoms with Gasteiger partial charge in [0.15, 0.2) is 6.10 Å². The van der Waals surface area contributed by atoms with Gasteiger partial charge in [0.2, 0.25) is 0 Å². The lowest BCUT2D eigenvalue weighted by Gasteiger charge is -2.24. The predicted molar refractivity (Wildman–Crippen MR) is 197 cm³/mol. The van der Waals surface area contributed by atoms with E-state index in [9.17, 15) is 19.0 Å². The van der Waals surface area contributed by atoms with E-state index in [-0.39, 0.29) is 25.6 Å². The number of hydrogen-bond donors (Lipinski definition) is 1. The fraction of sp³-hybridized carbons (Fsp3) is 0.947. The van der Waals surface area contributed by atoms with Crippen molar-refractivity contribution >= 4 is 19.8 Å². The maximum Gasteiger partial charge on any atom is 0.472 e. The Balaban J connectivity index is 4.33. The second kappa shape index (κ2) is 32.0. The van der Waals surface area contributed by atoms with Crippen LogP contribution in [0.3, 0.4) is 0 Å². The highest BCUT2D eigenvalue weighted by Gasteiger charge is 2.27. The molecule has 0 aliphatic carbocycles. The molecule has 0 rings (SSSR count). The highest BCUT2D eigenvalue weighted by atomic mass is 31.2. The third-order valence-electron chi connectivity index (χ3n) is 8.64. The summed E-state index contributed by atoms with van der Waals surface area (Å²) in [6.07, 6.45) is 28.7. The quantitative estimate of drug-likeness (QED) is 0.0297. The number of esters is 2. The molecule has 2 atom stereocenters. The van der Waals surface area contributed by atoms with Gasteiger partial charge in [-0.1, -0.05) is 155 Å². The van der Waals surface area contributed by atoms with Crippen molar-refractivity contribution in [2.75, 3.05) is 47.5 Å². The zero-order chi connectivity index (χ0) is 35.8. The number of ether oxygens (including phenoxy) is 2. The van der Waals surface area contributed by atoms with E-state index in [0.29, 0.717) is 17.4 Å². The summed E-state index contributed by atoms with van der Waals surface area (Å²) in [5.74, 6) is -0.793. The van der Waals surface area contributed by atoms with Crippen LogP contribution in [0.15, 0.2) is 0 Å². The topological polar surface area (TPSA) is 108 Å². The largest absolute Gasteiger partial charge is 0.472 e. The van der Waals surface area contributed by atoms with Crippen LogP contribution in [0.4, 0.5) is 0 Å². The van der Waals surface area contributed by atoms with Crippen molar-refractivity contribution in [3.8, 4) is 0 Å². The summed E-state index contributed by atoms with van der Waals surface area (Å²) in [6.45, 7) is 4.40. The van der Waals surface area contributed by atoms with Gasteiger partial charge in [0, 0.05) is 12.8 Å². The number of unbranched alkanes of at least 4 members (excludes halogenated alkanes) is 22. The van der Waals surface area contributed by atoms with Crippen molar-refractivity contribution in [3.63, 3.8) is 0 Å². The summed E-state index contributed by atoms with van der Waals surface area (Å²) < 4.78 is 34.1. The molecule has 0 fully saturated rings. The van der Waals surface area contributed by atoms with Gasteiger partial charge < -0.3 is 18.9 Å². The minimum atomic E-state index is -4.36. The van der Waals surface area contributed by atoms with E-state index >= 15 is 0 Å². The molecule has 0 saturated carbocycles. The van der Waals surface area contributed by atoms with Crippen LogP contribution in [0.1, 0.15) is 181 Å². The zero-order valence-corrected chi connectivity index (χ0v) is 32.9. The number of carbonyl (C=O) groups excluding carboxylic acids is 2. The van der Waals surface area contributed by atoms with Crippen molar-refractivity contribution in [2.45, 2.75) is 187 Å². The Labute approximate surface area is 295 Å². The summed E-state index contributed by atoms with van der Waals surface area (Å²) in [5.41, 5.74) is 0. The van der Waals surface area contributed by atoms with E-state index in [1.165, 1.54) is 116 Å². The summed E-state index contributed by atoms with van der Waals surface area (Å²) in [4.78, 5) is 35.1. The third-order valence-corrected chi connectivity index (χ3v) is 9.62. The molecular formula is C38H77NO8P+. The molecule has 48 heavy (non-hydrogen) atoms. The van der Waals surface area contributed by atoms with Crippen LogP contribution < -0.4 is 0 Å². The van der Waals surface area contributed by atoms with Crippen molar-refractivity contribution in [1.29, 1.82) is 0 Å². The monoisotopic (exact) mass is 707 g/mol. The molecule has 0 aromatic rings. The number of phosphoric acid groups is 1. The van der Waals surface area contributed by atoms with Gasteiger partial charge in [0.25, 0.3) is 0 Å². The van der Waals surface area contributed by atoms with Crippen LogP contribution >= 0.6 is 7.82 Å². The van der Waals surface area contributed by atoms with Crippen LogP contribution in [-0.4, -0.2) is 74.9 Å². The summed E-state index contributed by atoms with van der Waals surface area (Å²) in [5, 5.41) is 0. The Morgan fingerprint density at radius 2 is 0.938 bits per heavy atom. The van der Waals surface area contributed by atoms with E-state index in [1.54, 1.807) is 0 Å². The molecule has 0 saturated heterocycles. The van der Waals surface area contributed by atoms with Crippen molar-refractivity contribution < 1.29 is 42.1 Å². The normalized spacial score (nSPS) is 13.7. The molecule has 10 heteroatoms. The van der Waals surface area contributed by atoms with Gasteiger partial charge in [-0.25, -0.2) is 4.57 Å². The van der Waals surface area contributed by atoms with Crippen LogP contribution in [0.25, 0.3) is 0 Å². The Kier molecular flexibility index (Phi) is 31.3. The molecule has 286 valence electrons. The Hall–Kier alpha value is -0.990. The van der Waals surface area contributed by atoms with Gasteiger partial charge in [-0.2, -0.15) is 0 Å². The lowest BCUT2D eigenvalue weighted by Crippen LogP contribution is -2.37. The highest BCUT2D eigenvalue weighted by molar-refractivity contribution is 7.47. The number of phosphoric ester groups is 1. The lowest BCUT2D eigenvalue weighted by atomic mass is 10.0. The number of rotatable bonds is 36. The number of carbonyl (C=O) groups is 2. The molecule has 0 heterocycles. The molecule has 9 nitrogen and oxygen atoms in total. The third kappa shape index (κ3) is 34.9. The summed E-state index contributed by atoms with van der Waals surface area (Å²) in [7, 11) is 1.49. The maximum absolute atomic E-state index is 12.6. The number of likely N-dealkylation sites (N-methyl/N-ethyl adjacent to an activating group) is 1. The van der Waals surface area contributed by atoms with Gasteiger partial charge in [0.1, 0.15) is 19.8 Å². The van der Waals surface area contributed by atoms with Gasteiger partial charge in [0.05, 0.1) is 27.7 Å². The first-order valence-electron chi connectivity index (χ1n) is 19.8. The first-order valence-corrected chi connectivity index (χ1v) is 21.3. The number of nitrogens with zero attached hydrogens (tertiary/aromatic N) is 1. The second-order valence-corrected chi connectivity index (χ2v) is 16.1. The molecule has 0 radical (unpaired) electrons. The van der Waals surface area contributed by atoms with Gasteiger partial charge >= 0.3 is 19.8 Å². The molecule has 0 aliphatic heterocycles. The Morgan fingerprint density at radius 3 is 1.33 bits per heavy atom. The van der Waals surface area contributed by atoms with Crippen LogP contribution in [0, 0.1) is 0 Å². The Morgan fingerprint density at radius 1 is 0.562 bits per heavy atom. The average molecular weight is 707 g/mol. The molecule has 0 amide bonds. The molecule has 1 unspecified atom stereocenters. The van der Waals surface area contributed by atoms with E-state index in [4.69, 9.17) is 18.5 Å². The standard InChI is InChI=1S/C38H76NO8P/c1-6-8-10-12-14-16-17-18-19-20-21-22-23-25-27-29-31-38(41)47-36(35-46-48(42,43)45-33-32-39(3,4)5)34-44-37(40)30-28-26-24-15-13-11-9-7-2/h36H,6-35H2,1-5H3/p+1/t36-/m1/s1. The summed E-state index contributed by atoms with van der Waals surface area (Å²) in [6, 6.07) is 0. The first-order chi connectivity index (χ1) is 23.0. The average Bonchev–Trinajstić information content (AvgIpc) is 3.02. The van der Waals surface area contributed by atoms with E-state index in [1.807, 2.05) is 21.1 Å². The number of quaternary nitrogens is 1. The van der Waals surface area contributed by atoms with Crippen LogP contribution in [-0.2, 0) is 32.7 Å². The van der Waals surface area contributed by atoms with E-state index < -0.39 is 26.5 Å². The van der Waals surface area contributed by atoms with E-state index in [2.05, 4.69) is 13.8 Å². The minimum absolute atomic E-state index is 0.0363. The Bertz CT molecular complexity index is 804. The van der Waals surface area contributed by atoms with E-state index in [0.717, 1.165) is 38.5 Å². The fourth-order valence-corrected chi connectivity index (χ4v) is 6.23. The maximum atomic E-state index is 12.6. The summed E-state index contributed by atoms with van der Waals surface area (Å²) >= 11 is 0. The first kappa shape index (κ1) is 47.0. The fourth-order valence-electron chi connectivity index (χ4n) is 5.48. The minimum Gasteiger partial charge on any atom is -0.462 e. The smallest absolute Gasteiger partial charge is 0.462 e. The SMILES string of the molecule is CCCCCCCCCCCCCCCCCCC(=O)O[C@H](COC(=O)CCCCCCCCCC)COP(=O)(O)OCC[N+](C)(C)C. The van der Waals surface area contributed by atoms with Crippen molar-refractivity contribution in [3.05, 3.63) is 0 Å². The molecule has 0 aromatic carbocycles. The van der Waals surface area contributed by atoms with Gasteiger partial charge in [-0.3, -0.25) is 18.6 Å². The molecular weight excluding hydrogens is 629 g/mol. The molecule has 0 bridgehead atoms. The van der Waals surface area contributed by atoms with Crippen LogP contribution in [0.2, 0.25) is 0 Å².